The molecule has 5 rings (SSSR count). The van der Waals surface area contributed by atoms with Gasteiger partial charge in [-0.3, -0.25) is 19.5 Å². The van der Waals surface area contributed by atoms with Crippen LogP contribution in [0.5, 0.6) is 0 Å². The van der Waals surface area contributed by atoms with Crippen LogP contribution in [0.4, 0.5) is 5.69 Å². The maximum atomic E-state index is 13.8. The van der Waals surface area contributed by atoms with Gasteiger partial charge in [-0.05, 0) is 30.0 Å². The lowest BCUT2D eigenvalue weighted by Gasteiger charge is -2.46. The van der Waals surface area contributed by atoms with Crippen LogP contribution >= 0.6 is 7.60 Å². The first kappa shape index (κ1) is 21.8. The quantitative estimate of drug-likeness (QED) is 0.333. The number of nitrogens with zero attached hydrogens (tertiary/aromatic N) is 2. The second-order valence-corrected chi connectivity index (χ2v) is 10.8. The Kier molecular flexibility index (Phi) is 5.35. The predicted octanol–water partition coefficient (Wildman–Crippen LogP) is 4.54. The number of carbonyl (C=O) groups excluding carboxylic acids is 1. The van der Waals surface area contributed by atoms with Crippen LogP contribution in [0.15, 0.2) is 48.5 Å². The zero-order chi connectivity index (χ0) is 23.3. The minimum absolute atomic E-state index is 0.0451. The van der Waals surface area contributed by atoms with Crippen LogP contribution in [0.3, 0.4) is 0 Å². The number of rotatable bonds is 5. The van der Waals surface area contributed by atoms with E-state index in [2.05, 4.69) is 11.1 Å². The molecule has 9 nitrogen and oxygen atoms in total. The molecule has 0 bridgehead atoms. The number of H-pyrrole nitrogens is 1. The normalized spacial score (nSPS) is 22.8. The van der Waals surface area contributed by atoms with Crippen LogP contribution in [0.25, 0.3) is 10.9 Å². The monoisotopic (exact) mass is 469 g/mol. The first-order chi connectivity index (χ1) is 15.9. The number of nitro groups is 1. The van der Waals surface area contributed by atoms with Gasteiger partial charge in [-0.2, -0.15) is 0 Å². The molecule has 1 amide bonds. The van der Waals surface area contributed by atoms with E-state index in [9.17, 15) is 19.5 Å². The van der Waals surface area contributed by atoms with Crippen molar-refractivity contribution in [3.63, 3.8) is 0 Å². The zero-order valence-electron chi connectivity index (χ0n) is 18.3. The lowest BCUT2D eigenvalue weighted by molar-refractivity contribution is -0.384. The highest BCUT2D eigenvalue weighted by Gasteiger charge is 2.54. The molecule has 3 heterocycles. The van der Waals surface area contributed by atoms with E-state index in [0.29, 0.717) is 24.9 Å². The fourth-order valence-corrected chi connectivity index (χ4v) is 7.11. The highest BCUT2D eigenvalue weighted by molar-refractivity contribution is 7.55. The van der Waals surface area contributed by atoms with Gasteiger partial charge in [0.2, 0.25) is 5.91 Å². The van der Waals surface area contributed by atoms with Gasteiger partial charge in [0.25, 0.3) is 5.69 Å². The SMILES string of the molecule is COP(=O)(OC)[C@@H]1C(=O)N2CCc3c([nH]c4ccccc34)[C@H]2C[C@H]1c1ccc([N+](=O)[O-])cc1. The summed E-state index contributed by atoms with van der Waals surface area (Å²) in [6.45, 7) is 0.509. The first-order valence-electron chi connectivity index (χ1n) is 10.7. The molecule has 3 aromatic rings. The van der Waals surface area contributed by atoms with E-state index in [-0.39, 0.29) is 17.6 Å². The number of fused-ring (bicyclic) bond motifs is 5. The topological polar surface area (TPSA) is 115 Å². The lowest BCUT2D eigenvalue weighted by atomic mass is 9.80. The molecular formula is C23H24N3O6P. The summed E-state index contributed by atoms with van der Waals surface area (Å²) in [6, 6.07) is 13.9. The molecule has 1 saturated heterocycles. The van der Waals surface area contributed by atoms with E-state index >= 15 is 0 Å². The number of aromatic nitrogens is 1. The molecule has 3 atom stereocenters. The summed E-state index contributed by atoms with van der Waals surface area (Å²) in [6.07, 6.45) is 1.19. The predicted molar refractivity (Wildman–Crippen MR) is 122 cm³/mol. The minimum atomic E-state index is -3.78. The number of nitrogens with one attached hydrogen (secondary N) is 1. The molecule has 2 aliphatic rings. The number of piperidine rings is 1. The van der Waals surface area contributed by atoms with E-state index in [1.165, 1.54) is 31.9 Å². The highest BCUT2D eigenvalue weighted by Crippen LogP contribution is 2.61. The molecule has 0 aliphatic carbocycles. The number of benzene rings is 2. The van der Waals surface area contributed by atoms with Crippen molar-refractivity contribution in [2.24, 2.45) is 0 Å². The third-order valence-electron chi connectivity index (χ3n) is 6.93. The van der Waals surface area contributed by atoms with Crippen LogP contribution in [-0.2, 0) is 24.8 Å². The van der Waals surface area contributed by atoms with Gasteiger partial charge in [0.15, 0.2) is 0 Å². The van der Waals surface area contributed by atoms with Crippen LogP contribution < -0.4 is 0 Å². The van der Waals surface area contributed by atoms with Crippen molar-refractivity contribution >= 4 is 30.1 Å². The molecule has 1 N–H and O–H groups in total. The second kappa shape index (κ2) is 8.09. The summed E-state index contributed by atoms with van der Waals surface area (Å²) >= 11 is 0. The number of non-ortho nitro benzene ring substituents is 1. The number of para-hydroxylation sites is 1. The Morgan fingerprint density at radius 3 is 2.48 bits per heavy atom. The van der Waals surface area contributed by atoms with Crippen LogP contribution in [0, 0.1) is 10.1 Å². The van der Waals surface area contributed by atoms with E-state index in [4.69, 9.17) is 9.05 Å². The Balaban J connectivity index is 1.62. The summed E-state index contributed by atoms with van der Waals surface area (Å²) in [4.78, 5) is 29.7. The van der Waals surface area contributed by atoms with Gasteiger partial charge < -0.3 is 18.9 Å². The molecule has 0 spiro atoms. The Morgan fingerprint density at radius 2 is 1.82 bits per heavy atom. The van der Waals surface area contributed by atoms with Gasteiger partial charge in [0.05, 0.1) is 11.0 Å². The molecular weight excluding hydrogens is 445 g/mol. The summed E-state index contributed by atoms with van der Waals surface area (Å²) in [5, 5.41) is 12.3. The number of amides is 1. The third-order valence-corrected chi connectivity index (χ3v) is 9.21. The molecule has 172 valence electrons. The van der Waals surface area contributed by atoms with E-state index in [1.807, 2.05) is 18.2 Å². The van der Waals surface area contributed by atoms with Crippen molar-refractivity contribution < 1.29 is 23.3 Å². The smallest absolute Gasteiger partial charge is 0.343 e. The Bertz CT molecular complexity index is 1280. The fourth-order valence-electron chi connectivity index (χ4n) is 5.36. The number of carbonyl (C=O) groups is 1. The van der Waals surface area contributed by atoms with Crippen LogP contribution in [0.2, 0.25) is 0 Å². The Hall–Kier alpha value is -3.00. The molecule has 1 aromatic heterocycles. The second-order valence-electron chi connectivity index (χ2n) is 8.40. The molecule has 1 fully saturated rings. The van der Waals surface area contributed by atoms with Gasteiger partial charge in [0.1, 0.15) is 5.66 Å². The van der Waals surface area contributed by atoms with Crippen molar-refractivity contribution in [1.29, 1.82) is 0 Å². The fraction of sp³-hybridized carbons (Fsp3) is 0.348. The molecule has 0 unspecified atom stereocenters. The number of hydrogen-bond donors (Lipinski definition) is 1. The molecule has 2 aliphatic heterocycles. The zero-order valence-corrected chi connectivity index (χ0v) is 19.2. The first-order valence-corrected chi connectivity index (χ1v) is 12.3. The standard InChI is InChI=1S/C23H24N3O6P/c1-31-33(30,32-2)22-18(14-7-9-15(10-8-14)26(28)29)13-20-21-17(11-12-25(20)23(22)27)16-5-3-4-6-19(16)24-21/h3-10,18,20,22,24H,11-13H2,1-2H3/t18-,20+,22-/m0/s1. The molecule has 0 saturated carbocycles. The molecule has 33 heavy (non-hydrogen) atoms. The summed E-state index contributed by atoms with van der Waals surface area (Å²) in [5.74, 6) is -0.784. The van der Waals surface area contributed by atoms with Crippen molar-refractivity contribution in [3.05, 3.63) is 75.5 Å². The lowest BCUT2D eigenvalue weighted by Crippen LogP contribution is -2.52. The average Bonchev–Trinajstić information content (AvgIpc) is 3.22. The number of nitro benzene ring substituents is 1. The average molecular weight is 469 g/mol. The summed E-state index contributed by atoms with van der Waals surface area (Å²) < 4.78 is 24.1. The molecule has 0 radical (unpaired) electrons. The van der Waals surface area contributed by atoms with Gasteiger partial charge in [-0.1, -0.05) is 30.3 Å². The van der Waals surface area contributed by atoms with E-state index < -0.39 is 24.1 Å². The van der Waals surface area contributed by atoms with Gasteiger partial charge in [-0.25, -0.2) is 0 Å². The van der Waals surface area contributed by atoms with Crippen molar-refractivity contribution in [3.8, 4) is 0 Å². The largest absolute Gasteiger partial charge is 0.356 e. The molecule has 2 aromatic carbocycles. The summed E-state index contributed by atoms with van der Waals surface area (Å²) in [5.41, 5.74) is 2.82. The Labute approximate surface area is 190 Å². The van der Waals surface area contributed by atoms with Crippen molar-refractivity contribution in [2.75, 3.05) is 20.8 Å². The Morgan fingerprint density at radius 1 is 1.12 bits per heavy atom. The maximum absolute atomic E-state index is 13.8. The highest BCUT2D eigenvalue weighted by atomic mass is 31.2. The third kappa shape index (κ3) is 3.39. The van der Waals surface area contributed by atoms with Crippen LogP contribution in [-0.4, -0.2) is 47.1 Å². The maximum Gasteiger partial charge on any atom is 0.343 e. The number of aromatic amines is 1. The van der Waals surface area contributed by atoms with Crippen molar-refractivity contribution in [1.82, 2.24) is 9.88 Å². The van der Waals surface area contributed by atoms with Gasteiger partial charge in [-0.15, -0.1) is 0 Å². The van der Waals surface area contributed by atoms with Gasteiger partial charge >= 0.3 is 7.60 Å². The van der Waals surface area contributed by atoms with E-state index in [0.717, 1.165) is 16.6 Å². The van der Waals surface area contributed by atoms with Crippen LogP contribution in [0.1, 0.15) is 35.2 Å². The molecule has 10 heteroatoms. The van der Waals surface area contributed by atoms with Gasteiger partial charge in [0, 0.05) is 55.4 Å². The van der Waals surface area contributed by atoms with Crippen molar-refractivity contribution in [2.45, 2.75) is 30.5 Å². The number of hydrogen-bond acceptors (Lipinski definition) is 6. The minimum Gasteiger partial charge on any atom is -0.356 e. The summed E-state index contributed by atoms with van der Waals surface area (Å²) in [7, 11) is -1.22. The van der Waals surface area contributed by atoms with E-state index in [1.54, 1.807) is 17.0 Å².